The third-order valence-electron chi connectivity index (χ3n) is 2.59. The van der Waals surface area contributed by atoms with Gasteiger partial charge in [-0.3, -0.25) is 4.79 Å². The van der Waals surface area contributed by atoms with Crippen LogP contribution in [0.25, 0.3) is 0 Å². The highest BCUT2D eigenvalue weighted by atomic mass is 35.5. The van der Waals surface area contributed by atoms with E-state index in [1.807, 2.05) is 0 Å². The van der Waals surface area contributed by atoms with Crippen molar-refractivity contribution in [2.24, 2.45) is 0 Å². The fourth-order valence-electron chi connectivity index (χ4n) is 1.70. The lowest BCUT2D eigenvalue weighted by Gasteiger charge is -2.19. The minimum absolute atomic E-state index is 0.0792. The highest BCUT2D eigenvalue weighted by molar-refractivity contribution is 6.29. The average Bonchev–Trinajstić information content (AvgIpc) is 2.31. The molecule has 3 nitrogen and oxygen atoms in total. The molecule has 0 radical (unpaired) electrons. The lowest BCUT2D eigenvalue weighted by Crippen LogP contribution is -2.35. The van der Waals surface area contributed by atoms with Crippen LogP contribution >= 0.6 is 11.6 Å². The Labute approximate surface area is 99.5 Å². The van der Waals surface area contributed by atoms with E-state index in [1.54, 1.807) is 12.1 Å². The quantitative estimate of drug-likeness (QED) is 0.634. The number of nitrogens with zero attached hydrogens (tertiary/aromatic N) is 1. The summed E-state index contributed by atoms with van der Waals surface area (Å²) in [6, 6.07) is 3.55. The van der Waals surface area contributed by atoms with Crippen molar-refractivity contribution in [3.05, 3.63) is 41.2 Å². The Balaban J connectivity index is 1.97. The maximum atomic E-state index is 11.8. The number of pyridine rings is 1. The number of rotatable bonds is 2. The van der Waals surface area contributed by atoms with E-state index in [4.69, 9.17) is 11.6 Å². The van der Waals surface area contributed by atoms with E-state index in [-0.39, 0.29) is 11.9 Å². The van der Waals surface area contributed by atoms with Gasteiger partial charge in [0, 0.05) is 12.2 Å². The Morgan fingerprint density at radius 3 is 2.94 bits per heavy atom. The number of hydrogen-bond donors (Lipinski definition) is 1. The molecule has 0 aliphatic heterocycles. The highest BCUT2D eigenvalue weighted by Gasteiger charge is 2.14. The highest BCUT2D eigenvalue weighted by Crippen LogP contribution is 2.12. The number of nitrogens with one attached hydrogen (secondary N) is 1. The van der Waals surface area contributed by atoms with Crippen molar-refractivity contribution in [2.45, 2.75) is 25.3 Å². The molecule has 84 valence electrons. The number of hydrogen-bond acceptors (Lipinski definition) is 2. The fourth-order valence-corrected chi connectivity index (χ4v) is 1.82. The maximum absolute atomic E-state index is 11.8. The molecule has 0 saturated carbocycles. The summed E-state index contributed by atoms with van der Waals surface area (Å²) in [7, 11) is 0. The van der Waals surface area contributed by atoms with Crippen LogP contribution in [0.2, 0.25) is 5.15 Å². The van der Waals surface area contributed by atoms with E-state index in [1.165, 1.54) is 6.20 Å². The maximum Gasteiger partial charge on any atom is 0.253 e. The van der Waals surface area contributed by atoms with Gasteiger partial charge in [0.25, 0.3) is 5.91 Å². The monoisotopic (exact) mass is 236 g/mol. The largest absolute Gasteiger partial charge is 0.349 e. The number of aromatic nitrogens is 1. The first kappa shape index (κ1) is 11.1. The molecule has 1 aromatic heterocycles. The van der Waals surface area contributed by atoms with Gasteiger partial charge in [0.1, 0.15) is 5.15 Å². The minimum atomic E-state index is -0.0792. The molecular weight excluding hydrogens is 224 g/mol. The number of halogens is 1. The van der Waals surface area contributed by atoms with Crippen molar-refractivity contribution in [3.8, 4) is 0 Å². The molecule has 2 rings (SSSR count). The first-order valence-corrected chi connectivity index (χ1v) is 5.71. The van der Waals surface area contributed by atoms with Crippen molar-refractivity contribution in [1.29, 1.82) is 0 Å². The second-order valence-electron chi connectivity index (χ2n) is 3.82. The van der Waals surface area contributed by atoms with Crippen molar-refractivity contribution in [3.63, 3.8) is 0 Å². The summed E-state index contributed by atoms with van der Waals surface area (Å²) in [6.45, 7) is 0. The normalized spacial score (nSPS) is 19.4. The SMILES string of the molecule is O=C(NC1CC=CCC1)c1ccc(Cl)nc1. The summed E-state index contributed by atoms with van der Waals surface area (Å²) in [6.07, 6.45) is 8.69. The van der Waals surface area contributed by atoms with Crippen LogP contribution in [0.4, 0.5) is 0 Å². The predicted octanol–water partition coefficient (Wildman–Crippen LogP) is 2.57. The summed E-state index contributed by atoms with van der Waals surface area (Å²) in [5.74, 6) is -0.0792. The Kier molecular flexibility index (Phi) is 3.57. The van der Waals surface area contributed by atoms with Crippen LogP contribution in [0.15, 0.2) is 30.5 Å². The third-order valence-corrected chi connectivity index (χ3v) is 2.82. The molecule has 1 N–H and O–H groups in total. The van der Waals surface area contributed by atoms with Crippen molar-refractivity contribution >= 4 is 17.5 Å². The molecule has 1 unspecified atom stereocenters. The molecule has 16 heavy (non-hydrogen) atoms. The van der Waals surface area contributed by atoms with E-state index >= 15 is 0 Å². The minimum Gasteiger partial charge on any atom is -0.349 e. The molecule has 0 fully saturated rings. The summed E-state index contributed by atoms with van der Waals surface area (Å²) in [5.41, 5.74) is 0.555. The van der Waals surface area contributed by atoms with Crippen LogP contribution in [-0.2, 0) is 0 Å². The van der Waals surface area contributed by atoms with Crippen molar-refractivity contribution < 1.29 is 4.79 Å². The number of carbonyl (C=O) groups is 1. The zero-order chi connectivity index (χ0) is 11.4. The molecule has 4 heteroatoms. The van der Waals surface area contributed by atoms with E-state index in [9.17, 15) is 4.79 Å². The van der Waals surface area contributed by atoms with E-state index in [0.29, 0.717) is 10.7 Å². The second kappa shape index (κ2) is 5.12. The summed E-state index contributed by atoms with van der Waals surface area (Å²) >= 11 is 5.66. The zero-order valence-corrected chi connectivity index (χ0v) is 9.57. The molecular formula is C12H13ClN2O. The van der Waals surface area contributed by atoms with Gasteiger partial charge in [-0.2, -0.15) is 0 Å². The van der Waals surface area contributed by atoms with Gasteiger partial charge in [0.2, 0.25) is 0 Å². The Morgan fingerprint density at radius 1 is 1.44 bits per heavy atom. The van der Waals surface area contributed by atoms with E-state index in [0.717, 1.165) is 19.3 Å². The van der Waals surface area contributed by atoms with Crippen LogP contribution in [0.3, 0.4) is 0 Å². The lowest BCUT2D eigenvalue weighted by atomic mass is 10.0. The molecule has 1 aromatic rings. The summed E-state index contributed by atoms with van der Waals surface area (Å²) in [5, 5.41) is 3.38. The van der Waals surface area contributed by atoms with Gasteiger partial charge in [-0.05, 0) is 31.4 Å². The number of carbonyl (C=O) groups excluding carboxylic acids is 1. The van der Waals surface area contributed by atoms with Gasteiger partial charge in [0.15, 0.2) is 0 Å². The van der Waals surface area contributed by atoms with E-state index in [2.05, 4.69) is 22.5 Å². The van der Waals surface area contributed by atoms with Crippen LogP contribution in [0.1, 0.15) is 29.6 Å². The molecule has 1 aliphatic carbocycles. The van der Waals surface area contributed by atoms with Gasteiger partial charge in [0.05, 0.1) is 5.56 Å². The number of allylic oxidation sites excluding steroid dienone is 1. The van der Waals surface area contributed by atoms with Crippen LogP contribution in [-0.4, -0.2) is 16.9 Å². The molecule has 1 amide bonds. The van der Waals surface area contributed by atoms with Crippen LogP contribution < -0.4 is 5.32 Å². The fraction of sp³-hybridized carbons (Fsp3) is 0.333. The molecule has 1 aliphatic rings. The van der Waals surface area contributed by atoms with Crippen LogP contribution in [0, 0.1) is 0 Å². The topological polar surface area (TPSA) is 42.0 Å². The van der Waals surface area contributed by atoms with Crippen molar-refractivity contribution in [1.82, 2.24) is 10.3 Å². The Bertz CT molecular complexity index is 400. The summed E-state index contributed by atoms with van der Waals surface area (Å²) in [4.78, 5) is 15.7. The third kappa shape index (κ3) is 2.83. The molecule has 1 atom stereocenters. The molecule has 0 aromatic carbocycles. The van der Waals surface area contributed by atoms with Gasteiger partial charge in [-0.1, -0.05) is 23.8 Å². The van der Waals surface area contributed by atoms with Gasteiger partial charge < -0.3 is 5.32 Å². The lowest BCUT2D eigenvalue weighted by molar-refractivity contribution is 0.0934. The first-order valence-electron chi connectivity index (χ1n) is 5.33. The first-order chi connectivity index (χ1) is 7.75. The van der Waals surface area contributed by atoms with Crippen molar-refractivity contribution in [2.75, 3.05) is 0 Å². The van der Waals surface area contributed by atoms with Gasteiger partial charge in [-0.15, -0.1) is 0 Å². The van der Waals surface area contributed by atoms with Gasteiger partial charge >= 0.3 is 0 Å². The second-order valence-corrected chi connectivity index (χ2v) is 4.21. The molecule has 0 spiro atoms. The smallest absolute Gasteiger partial charge is 0.253 e. The molecule has 0 saturated heterocycles. The zero-order valence-electron chi connectivity index (χ0n) is 8.82. The molecule has 1 heterocycles. The molecule has 0 bridgehead atoms. The summed E-state index contributed by atoms with van der Waals surface area (Å²) < 4.78 is 0. The predicted molar refractivity (Wildman–Crippen MR) is 63.5 cm³/mol. The average molecular weight is 237 g/mol. The van der Waals surface area contributed by atoms with Gasteiger partial charge in [-0.25, -0.2) is 4.98 Å². The Morgan fingerprint density at radius 2 is 2.31 bits per heavy atom. The van der Waals surface area contributed by atoms with E-state index < -0.39 is 0 Å². The Hall–Kier alpha value is -1.35. The standard InChI is InChI=1S/C12H13ClN2O/c13-11-7-6-9(8-14-11)12(16)15-10-4-2-1-3-5-10/h1-2,6-8,10H,3-5H2,(H,15,16). The number of amides is 1. The van der Waals surface area contributed by atoms with Crippen LogP contribution in [0.5, 0.6) is 0 Å².